The number of piperazine rings is 1. The Balaban J connectivity index is 1.32. The average Bonchev–Trinajstić information content (AvgIpc) is 3.13. The maximum atomic E-state index is 12.4. The highest BCUT2D eigenvalue weighted by atomic mass is 35.5. The lowest BCUT2D eigenvalue weighted by atomic mass is 9.83. The van der Waals surface area contributed by atoms with Crippen molar-refractivity contribution in [2.75, 3.05) is 61.2 Å². The first-order valence-electron chi connectivity index (χ1n) is 12.3. The minimum atomic E-state index is -0.609. The number of anilines is 5. The molecule has 2 aromatic carbocycles. The van der Waals surface area contributed by atoms with Crippen LogP contribution in [-0.4, -0.2) is 61.1 Å². The lowest BCUT2D eigenvalue weighted by Gasteiger charge is -2.34. The molecule has 0 atom stereocenters. The first kappa shape index (κ1) is 25.1. The number of carbonyl (C=O) groups excluding carboxylic acids is 1. The fraction of sp³-hybridized carbons (Fsp3) is 0.370. The van der Waals surface area contributed by atoms with Gasteiger partial charge in [0.15, 0.2) is 5.82 Å². The number of amides is 1. The van der Waals surface area contributed by atoms with Crippen molar-refractivity contribution in [3.63, 3.8) is 0 Å². The van der Waals surface area contributed by atoms with Crippen molar-refractivity contribution < 1.29 is 9.53 Å². The third-order valence-corrected chi connectivity index (χ3v) is 7.36. The van der Waals surface area contributed by atoms with E-state index in [0.29, 0.717) is 29.1 Å². The van der Waals surface area contributed by atoms with E-state index in [9.17, 15) is 4.79 Å². The number of aromatic nitrogens is 2. The lowest BCUT2D eigenvalue weighted by molar-refractivity contribution is -0.119. The van der Waals surface area contributed by atoms with Gasteiger partial charge in [-0.25, -0.2) is 4.98 Å². The van der Waals surface area contributed by atoms with Crippen molar-refractivity contribution in [3.05, 3.63) is 58.7 Å². The van der Waals surface area contributed by atoms with E-state index in [2.05, 4.69) is 48.8 Å². The third-order valence-electron chi connectivity index (χ3n) is 7.08. The van der Waals surface area contributed by atoms with Crippen LogP contribution < -0.4 is 25.6 Å². The van der Waals surface area contributed by atoms with Gasteiger partial charge in [-0.1, -0.05) is 23.7 Å². The zero-order valence-corrected chi connectivity index (χ0v) is 22.3. The fourth-order valence-electron chi connectivity index (χ4n) is 4.88. The molecule has 3 aromatic rings. The summed E-state index contributed by atoms with van der Waals surface area (Å²) < 4.78 is 5.67. The quantitative estimate of drug-likeness (QED) is 0.419. The Morgan fingerprint density at radius 2 is 1.95 bits per heavy atom. The summed E-state index contributed by atoms with van der Waals surface area (Å²) >= 11 is 6.42. The molecule has 1 fully saturated rings. The van der Waals surface area contributed by atoms with Crippen molar-refractivity contribution in [2.45, 2.75) is 25.8 Å². The number of rotatable bonds is 7. The summed E-state index contributed by atoms with van der Waals surface area (Å²) in [4.78, 5) is 26.1. The van der Waals surface area contributed by atoms with Gasteiger partial charge < -0.3 is 30.5 Å². The molecule has 3 N–H and O–H groups in total. The maximum Gasteiger partial charge on any atom is 0.234 e. The van der Waals surface area contributed by atoms with Gasteiger partial charge in [-0.15, -0.1) is 0 Å². The molecule has 10 heteroatoms. The minimum Gasteiger partial charge on any atom is -0.494 e. The summed E-state index contributed by atoms with van der Waals surface area (Å²) in [5.41, 5.74) is 4.12. The molecule has 0 radical (unpaired) electrons. The molecule has 2 aliphatic heterocycles. The van der Waals surface area contributed by atoms with Crippen molar-refractivity contribution in [1.82, 2.24) is 14.9 Å². The molecule has 0 bridgehead atoms. The minimum absolute atomic E-state index is 0.00547. The molecule has 1 aromatic heterocycles. The van der Waals surface area contributed by atoms with Crippen LogP contribution in [0.1, 0.15) is 25.0 Å². The van der Waals surface area contributed by atoms with Gasteiger partial charge in [0.05, 0.1) is 24.4 Å². The Labute approximate surface area is 222 Å². The van der Waals surface area contributed by atoms with Gasteiger partial charge in [-0.05, 0) is 50.2 Å². The van der Waals surface area contributed by atoms with Crippen molar-refractivity contribution in [2.24, 2.45) is 0 Å². The highest BCUT2D eigenvalue weighted by Crippen LogP contribution is 2.40. The normalized spacial score (nSPS) is 16.8. The molecule has 0 spiro atoms. The molecule has 1 amide bonds. The molecule has 1 saturated heterocycles. The Bertz CT molecular complexity index is 1320. The lowest BCUT2D eigenvalue weighted by Crippen LogP contribution is -2.44. The number of methoxy groups -OCH3 is 1. The Morgan fingerprint density at radius 1 is 1.16 bits per heavy atom. The second kappa shape index (κ2) is 10.1. The van der Waals surface area contributed by atoms with Crippen LogP contribution in [0.15, 0.2) is 42.6 Å². The smallest absolute Gasteiger partial charge is 0.234 e. The van der Waals surface area contributed by atoms with E-state index in [1.807, 2.05) is 44.2 Å². The maximum absolute atomic E-state index is 12.4. The van der Waals surface area contributed by atoms with E-state index in [4.69, 9.17) is 16.3 Å². The van der Waals surface area contributed by atoms with Crippen LogP contribution in [0.25, 0.3) is 0 Å². The highest BCUT2D eigenvalue weighted by molar-refractivity contribution is 6.32. The number of halogens is 1. The summed E-state index contributed by atoms with van der Waals surface area (Å²) in [7, 11) is 3.80. The molecule has 5 rings (SSSR count). The van der Waals surface area contributed by atoms with Crippen LogP contribution in [0.3, 0.4) is 0 Å². The molecule has 37 heavy (non-hydrogen) atoms. The van der Waals surface area contributed by atoms with Gasteiger partial charge in [0.1, 0.15) is 10.8 Å². The molecular weight excluding hydrogens is 490 g/mol. The Kier molecular flexibility index (Phi) is 6.83. The fourth-order valence-corrected chi connectivity index (χ4v) is 5.03. The number of carbonyl (C=O) groups is 1. The average molecular weight is 522 g/mol. The van der Waals surface area contributed by atoms with Gasteiger partial charge in [0.2, 0.25) is 11.9 Å². The number of likely N-dealkylation sites (N-methyl/N-ethyl adjacent to an activating group) is 1. The van der Waals surface area contributed by atoms with Gasteiger partial charge in [-0.3, -0.25) is 4.79 Å². The van der Waals surface area contributed by atoms with Crippen LogP contribution >= 0.6 is 11.6 Å². The molecular formula is C27H32ClN7O2. The largest absolute Gasteiger partial charge is 0.494 e. The van der Waals surface area contributed by atoms with Gasteiger partial charge in [0.25, 0.3) is 0 Å². The summed E-state index contributed by atoms with van der Waals surface area (Å²) in [5, 5.41) is 9.95. The number of hydrogen-bond donors (Lipinski definition) is 3. The Hall–Kier alpha value is -3.56. The molecule has 0 saturated carbocycles. The number of nitrogens with zero attached hydrogens (tertiary/aromatic N) is 4. The van der Waals surface area contributed by atoms with Gasteiger partial charge in [-0.2, -0.15) is 4.98 Å². The standard InChI is InChI=1S/C27H32ClN7O2/c1-27(2)23-17(6-5-7-21(23)31-25(27)36)15-29-24-19(28)16-30-26(33-24)32-20-9-8-18(14-22(20)37-4)35-12-10-34(3)11-13-35/h5-9,14,16H,10-13,15H2,1-4H3,(H,31,36)(H2,29,30,32,33). The first-order valence-corrected chi connectivity index (χ1v) is 12.7. The van der Waals surface area contributed by atoms with Crippen LogP contribution in [-0.2, 0) is 16.8 Å². The number of nitrogens with one attached hydrogen (secondary N) is 3. The SMILES string of the molecule is COc1cc(N2CCN(C)CC2)ccc1Nc1ncc(Cl)c(NCc2cccc3c2C(C)(C)C(=O)N3)n1. The number of ether oxygens (including phenoxy) is 1. The molecule has 0 unspecified atom stereocenters. The van der Waals surface area contributed by atoms with E-state index < -0.39 is 5.41 Å². The summed E-state index contributed by atoms with van der Waals surface area (Å²) in [6, 6.07) is 12.0. The zero-order chi connectivity index (χ0) is 26.2. The first-order chi connectivity index (χ1) is 17.8. The second-order valence-corrected chi connectivity index (χ2v) is 10.4. The number of fused-ring (bicyclic) bond motifs is 1. The second-order valence-electron chi connectivity index (χ2n) is 9.96. The third kappa shape index (κ3) is 5.01. The monoisotopic (exact) mass is 521 g/mol. The van der Waals surface area contributed by atoms with E-state index >= 15 is 0 Å². The van der Waals surface area contributed by atoms with E-state index in [1.165, 1.54) is 0 Å². The van der Waals surface area contributed by atoms with Gasteiger partial charge >= 0.3 is 0 Å². The summed E-state index contributed by atoms with van der Waals surface area (Å²) in [6.45, 7) is 8.35. The molecule has 0 aliphatic carbocycles. The van der Waals surface area contributed by atoms with Crippen molar-refractivity contribution in [1.29, 1.82) is 0 Å². The predicted octanol–water partition coefficient (Wildman–Crippen LogP) is 4.48. The number of hydrogen-bond acceptors (Lipinski definition) is 8. The van der Waals surface area contributed by atoms with E-state index in [1.54, 1.807) is 13.3 Å². The van der Waals surface area contributed by atoms with Crippen LogP contribution in [0, 0.1) is 0 Å². The molecule has 9 nitrogen and oxygen atoms in total. The number of benzene rings is 2. The highest BCUT2D eigenvalue weighted by Gasteiger charge is 2.39. The van der Waals surface area contributed by atoms with E-state index in [-0.39, 0.29) is 5.91 Å². The van der Waals surface area contributed by atoms with Crippen LogP contribution in [0.4, 0.5) is 28.8 Å². The van der Waals surface area contributed by atoms with Gasteiger partial charge in [0, 0.05) is 50.2 Å². The van der Waals surface area contributed by atoms with Crippen molar-refractivity contribution >= 4 is 46.3 Å². The van der Waals surface area contributed by atoms with Crippen LogP contribution in [0.2, 0.25) is 5.02 Å². The van der Waals surface area contributed by atoms with Crippen molar-refractivity contribution in [3.8, 4) is 5.75 Å². The van der Waals surface area contributed by atoms with Crippen LogP contribution in [0.5, 0.6) is 5.75 Å². The summed E-state index contributed by atoms with van der Waals surface area (Å²) in [5.74, 6) is 1.60. The topological polar surface area (TPSA) is 94.7 Å². The molecule has 2 aliphatic rings. The van der Waals surface area contributed by atoms with E-state index in [0.717, 1.165) is 54.4 Å². The molecule has 194 valence electrons. The summed E-state index contributed by atoms with van der Waals surface area (Å²) in [6.07, 6.45) is 1.56. The predicted molar refractivity (Wildman–Crippen MR) is 148 cm³/mol. The zero-order valence-electron chi connectivity index (χ0n) is 21.6. The Morgan fingerprint density at radius 3 is 2.70 bits per heavy atom. The molecule has 3 heterocycles.